The number of fused-ring (bicyclic) bond motifs is 2. The number of aromatic nitrogens is 5. The van der Waals surface area contributed by atoms with Crippen LogP contribution in [0.5, 0.6) is 0 Å². The molecule has 3 aromatic heterocycles. The quantitative estimate of drug-likeness (QED) is 0.402. The van der Waals surface area contributed by atoms with Crippen molar-refractivity contribution in [3.05, 3.63) is 107 Å². The van der Waals surface area contributed by atoms with Gasteiger partial charge in [-0.2, -0.15) is 10.1 Å². The molecule has 0 aliphatic rings. The van der Waals surface area contributed by atoms with E-state index in [1.807, 2.05) is 61.5 Å². The Labute approximate surface area is 188 Å². The molecule has 0 saturated carbocycles. The van der Waals surface area contributed by atoms with Gasteiger partial charge in [0.05, 0.1) is 5.69 Å². The second-order valence-corrected chi connectivity index (χ2v) is 8.00. The largest absolute Gasteiger partial charge is 0.337 e. The molecule has 0 N–H and O–H groups in total. The fourth-order valence-corrected chi connectivity index (χ4v) is 4.02. The Bertz CT molecular complexity index is 1670. The van der Waals surface area contributed by atoms with Crippen molar-refractivity contribution in [2.45, 2.75) is 13.5 Å². The third-order valence-corrected chi connectivity index (χ3v) is 5.75. The van der Waals surface area contributed by atoms with Crippen LogP contribution in [-0.4, -0.2) is 24.3 Å². The Balaban J connectivity index is 1.35. The van der Waals surface area contributed by atoms with Crippen LogP contribution in [0.3, 0.4) is 0 Å². The number of rotatable bonds is 4. The van der Waals surface area contributed by atoms with Crippen LogP contribution in [0.1, 0.15) is 11.5 Å². The molecule has 0 atom stereocenters. The first-order chi connectivity index (χ1) is 16.2. The summed E-state index contributed by atoms with van der Waals surface area (Å²) in [6, 6.07) is 23.9. The molecule has 7 nitrogen and oxygen atoms in total. The van der Waals surface area contributed by atoms with Crippen molar-refractivity contribution < 1.29 is 4.52 Å². The average Bonchev–Trinajstić information content (AvgIpc) is 3.49. The summed E-state index contributed by atoms with van der Waals surface area (Å²) in [6.07, 6.45) is 3.45. The molecule has 33 heavy (non-hydrogen) atoms. The van der Waals surface area contributed by atoms with Crippen LogP contribution >= 0.6 is 0 Å². The zero-order valence-corrected chi connectivity index (χ0v) is 17.8. The lowest BCUT2D eigenvalue weighted by molar-refractivity contribution is 0.370. The summed E-state index contributed by atoms with van der Waals surface area (Å²) < 4.78 is 8.56. The molecular formula is C26H19N5O2. The molecule has 0 fully saturated rings. The van der Waals surface area contributed by atoms with Crippen LogP contribution in [0.15, 0.2) is 94.5 Å². The molecular weight excluding hydrogens is 414 g/mol. The van der Waals surface area contributed by atoms with Crippen molar-refractivity contribution in [3.63, 3.8) is 0 Å². The summed E-state index contributed by atoms with van der Waals surface area (Å²) in [5.74, 6) is 0.868. The maximum absolute atomic E-state index is 13.2. The number of benzene rings is 3. The van der Waals surface area contributed by atoms with Gasteiger partial charge in [-0.15, -0.1) is 0 Å². The zero-order chi connectivity index (χ0) is 22.4. The molecule has 0 aliphatic carbocycles. The van der Waals surface area contributed by atoms with E-state index in [9.17, 15) is 4.79 Å². The van der Waals surface area contributed by atoms with Gasteiger partial charge in [-0.25, -0.2) is 4.52 Å². The van der Waals surface area contributed by atoms with Crippen molar-refractivity contribution in [1.29, 1.82) is 0 Å². The Hall–Kier alpha value is -4.52. The smallest absolute Gasteiger partial charge is 0.277 e. The lowest BCUT2D eigenvalue weighted by Gasteiger charge is -2.03. The second-order valence-electron chi connectivity index (χ2n) is 8.00. The molecule has 0 saturated heterocycles. The van der Waals surface area contributed by atoms with Gasteiger partial charge >= 0.3 is 0 Å². The first-order valence-corrected chi connectivity index (χ1v) is 10.6. The first kappa shape index (κ1) is 19.2. The molecule has 0 bridgehead atoms. The Morgan fingerprint density at radius 3 is 2.64 bits per heavy atom. The van der Waals surface area contributed by atoms with Gasteiger partial charge < -0.3 is 9.09 Å². The van der Waals surface area contributed by atoms with Gasteiger partial charge in [0.1, 0.15) is 12.1 Å². The number of aryl methyl sites for hydroxylation is 1. The second kappa shape index (κ2) is 7.56. The highest BCUT2D eigenvalue weighted by molar-refractivity contribution is 5.96. The maximum atomic E-state index is 13.2. The number of nitrogens with zero attached hydrogens (tertiary/aromatic N) is 5. The van der Waals surface area contributed by atoms with E-state index in [-0.39, 0.29) is 12.1 Å². The standard InChI is InChI=1S/C26H19N5O2/c1-17-9-11-19(12-10-17)25-27-24(33-29-25)16-30-13-14-31-23(26(30)32)15-22(28-31)21-8-4-6-18-5-2-3-7-20(18)21/h2-15H,16H2,1H3. The SMILES string of the molecule is Cc1ccc(-c2noc(Cn3ccn4nc(-c5cccc6ccccc56)cc4c3=O)n2)cc1. The summed E-state index contributed by atoms with van der Waals surface area (Å²) in [4.78, 5) is 17.6. The van der Waals surface area contributed by atoms with Crippen molar-refractivity contribution >= 4 is 16.3 Å². The van der Waals surface area contributed by atoms with Gasteiger partial charge in [-0.3, -0.25) is 4.79 Å². The van der Waals surface area contributed by atoms with Crippen LogP contribution in [0.25, 0.3) is 38.9 Å². The van der Waals surface area contributed by atoms with Gasteiger partial charge in [0.15, 0.2) is 0 Å². The fourth-order valence-electron chi connectivity index (χ4n) is 4.02. The van der Waals surface area contributed by atoms with Crippen molar-refractivity contribution in [2.24, 2.45) is 0 Å². The monoisotopic (exact) mass is 433 g/mol. The number of hydrogen-bond acceptors (Lipinski definition) is 5. The lowest BCUT2D eigenvalue weighted by Crippen LogP contribution is -2.21. The third kappa shape index (κ3) is 3.40. The van der Waals surface area contributed by atoms with E-state index < -0.39 is 0 Å². The Morgan fingerprint density at radius 1 is 0.939 bits per heavy atom. The van der Waals surface area contributed by atoms with Crippen LogP contribution in [0.4, 0.5) is 0 Å². The normalized spacial score (nSPS) is 11.4. The van der Waals surface area contributed by atoms with E-state index >= 15 is 0 Å². The molecule has 6 aromatic rings. The molecule has 6 rings (SSSR count). The van der Waals surface area contributed by atoms with Gasteiger partial charge in [-0.05, 0) is 23.8 Å². The zero-order valence-electron chi connectivity index (χ0n) is 17.8. The molecule has 160 valence electrons. The van der Waals surface area contributed by atoms with E-state index in [1.165, 1.54) is 0 Å². The van der Waals surface area contributed by atoms with E-state index in [2.05, 4.69) is 33.4 Å². The fraction of sp³-hybridized carbons (Fsp3) is 0.0769. The van der Waals surface area contributed by atoms with Crippen LogP contribution in [0, 0.1) is 6.92 Å². The number of hydrogen-bond donors (Lipinski definition) is 0. The Morgan fingerprint density at radius 2 is 1.76 bits per heavy atom. The van der Waals surface area contributed by atoms with Crippen LogP contribution in [0.2, 0.25) is 0 Å². The van der Waals surface area contributed by atoms with Gasteiger partial charge in [0.25, 0.3) is 5.56 Å². The molecule has 0 amide bonds. The highest BCUT2D eigenvalue weighted by Gasteiger charge is 2.14. The Kier molecular flexibility index (Phi) is 4.40. The predicted octanol–water partition coefficient (Wildman–Crippen LogP) is 4.72. The summed E-state index contributed by atoms with van der Waals surface area (Å²) in [5, 5.41) is 10.9. The van der Waals surface area contributed by atoms with Gasteiger partial charge in [0.2, 0.25) is 11.7 Å². The predicted molar refractivity (Wildman–Crippen MR) is 126 cm³/mol. The van der Waals surface area contributed by atoms with Crippen molar-refractivity contribution in [1.82, 2.24) is 24.3 Å². The molecule has 3 heterocycles. The molecule has 0 aliphatic heterocycles. The highest BCUT2D eigenvalue weighted by Crippen LogP contribution is 2.27. The van der Waals surface area contributed by atoms with Crippen LogP contribution in [-0.2, 0) is 6.54 Å². The van der Waals surface area contributed by atoms with Crippen molar-refractivity contribution in [2.75, 3.05) is 0 Å². The molecule has 7 heteroatoms. The van der Waals surface area contributed by atoms with E-state index in [0.29, 0.717) is 17.2 Å². The third-order valence-electron chi connectivity index (χ3n) is 5.75. The summed E-state index contributed by atoms with van der Waals surface area (Å²) in [6.45, 7) is 2.21. The van der Waals surface area contributed by atoms with Gasteiger partial charge in [0, 0.05) is 23.5 Å². The average molecular weight is 433 g/mol. The minimum absolute atomic E-state index is 0.174. The first-order valence-electron chi connectivity index (χ1n) is 10.6. The summed E-state index contributed by atoms with van der Waals surface area (Å²) in [7, 11) is 0. The summed E-state index contributed by atoms with van der Waals surface area (Å²) in [5.41, 5.74) is 4.08. The minimum Gasteiger partial charge on any atom is -0.337 e. The topological polar surface area (TPSA) is 78.2 Å². The molecule has 3 aromatic carbocycles. The maximum Gasteiger partial charge on any atom is 0.277 e. The van der Waals surface area contributed by atoms with E-state index in [1.54, 1.807) is 21.5 Å². The van der Waals surface area contributed by atoms with Crippen LogP contribution < -0.4 is 5.56 Å². The van der Waals surface area contributed by atoms with Gasteiger partial charge in [-0.1, -0.05) is 77.5 Å². The van der Waals surface area contributed by atoms with E-state index in [4.69, 9.17) is 4.52 Å². The highest BCUT2D eigenvalue weighted by atomic mass is 16.5. The lowest BCUT2D eigenvalue weighted by atomic mass is 10.0. The molecule has 0 radical (unpaired) electrons. The van der Waals surface area contributed by atoms with Crippen molar-refractivity contribution in [3.8, 4) is 22.6 Å². The molecule has 0 spiro atoms. The van der Waals surface area contributed by atoms with E-state index in [0.717, 1.165) is 33.2 Å². The molecule has 0 unspecified atom stereocenters. The minimum atomic E-state index is -0.174. The summed E-state index contributed by atoms with van der Waals surface area (Å²) >= 11 is 0.